The highest BCUT2D eigenvalue weighted by atomic mass is 16.5. The van der Waals surface area contributed by atoms with Crippen LogP contribution in [0, 0.1) is 0 Å². The average Bonchev–Trinajstić information content (AvgIpc) is 2.36. The number of hydrogen-bond acceptors (Lipinski definition) is 6. The van der Waals surface area contributed by atoms with Gasteiger partial charge in [-0.1, -0.05) is 6.08 Å². The molecule has 0 aliphatic carbocycles. The molecule has 6 heteroatoms. The standard InChI is InChI=1S/C11H16N4O2/c1-3-5-12-9-7-10(15-8-14-9)13-6-4-11(16)17-2/h3,7-8H,1,4-6H2,2H3,(H2,12,13,14,15). The van der Waals surface area contributed by atoms with Crippen LogP contribution in [0.5, 0.6) is 0 Å². The molecule has 0 spiro atoms. The normalized spacial score (nSPS) is 9.47. The fraction of sp³-hybridized carbons (Fsp3) is 0.364. The summed E-state index contributed by atoms with van der Waals surface area (Å²) >= 11 is 0. The van der Waals surface area contributed by atoms with E-state index in [9.17, 15) is 4.79 Å². The molecule has 2 N–H and O–H groups in total. The van der Waals surface area contributed by atoms with Gasteiger partial charge in [-0.2, -0.15) is 0 Å². The summed E-state index contributed by atoms with van der Waals surface area (Å²) in [6.07, 6.45) is 3.49. The van der Waals surface area contributed by atoms with Gasteiger partial charge in [0.15, 0.2) is 0 Å². The van der Waals surface area contributed by atoms with Gasteiger partial charge in [-0.05, 0) is 0 Å². The van der Waals surface area contributed by atoms with Crippen LogP contribution in [-0.2, 0) is 9.53 Å². The van der Waals surface area contributed by atoms with Crippen LogP contribution in [0.15, 0.2) is 25.0 Å². The van der Waals surface area contributed by atoms with Crippen molar-refractivity contribution in [1.29, 1.82) is 0 Å². The van der Waals surface area contributed by atoms with Crippen molar-refractivity contribution in [3.8, 4) is 0 Å². The van der Waals surface area contributed by atoms with Gasteiger partial charge in [0.1, 0.15) is 18.0 Å². The van der Waals surface area contributed by atoms with Gasteiger partial charge in [-0.15, -0.1) is 6.58 Å². The van der Waals surface area contributed by atoms with Gasteiger partial charge in [0.2, 0.25) is 0 Å². The molecule has 1 aromatic rings. The lowest BCUT2D eigenvalue weighted by Gasteiger charge is -2.06. The molecule has 0 aromatic carbocycles. The molecule has 0 bridgehead atoms. The molecule has 6 nitrogen and oxygen atoms in total. The minimum atomic E-state index is -0.253. The number of carbonyl (C=O) groups is 1. The van der Waals surface area contributed by atoms with Gasteiger partial charge >= 0.3 is 5.97 Å². The van der Waals surface area contributed by atoms with E-state index in [0.29, 0.717) is 31.1 Å². The number of rotatable bonds is 7. The van der Waals surface area contributed by atoms with E-state index < -0.39 is 0 Å². The van der Waals surface area contributed by atoms with Crippen molar-refractivity contribution in [2.45, 2.75) is 6.42 Å². The van der Waals surface area contributed by atoms with E-state index in [1.54, 1.807) is 12.1 Å². The third-order valence-electron chi connectivity index (χ3n) is 1.96. The zero-order chi connectivity index (χ0) is 12.5. The summed E-state index contributed by atoms with van der Waals surface area (Å²) in [5.41, 5.74) is 0. The Kier molecular flexibility index (Phi) is 5.50. The van der Waals surface area contributed by atoms with Crippen LogP contribution in [0.4, 0.5) is 11.6 Å². The number of aromatic nitrogens is 2. The summed E-state index contributed by atoms with van der Waals surface area (Å²) in [5.74, 6) is 1.12. The zero-order valence-corrected chi connectivity index (χ0v) is 9.77. The molecule has 0 aliphatic rings. The number of nitrogens with one attached hydrogen (secondary N) is 2. The molecule has 0 unspecified atom stereocenters. The minimum Gasteiger partial charge on any atom is -0.469 e. The summed E-state index contributed by atoms with van der Waals surface area (Å²) in [4.78, 5) is 19.0. The molecule has 0 atom stereocenters. The number of carbonyl (C=O) groups excluding carboxylic acids is 1. The van der Waals surface area contributed by atoms with Crippen LogP contribution in [0.25, 0.3) is 0 Å². The molecule has 0 saturated heterocycles. The summed E-state index contributed by atoms with van der Waals surface area (Å²) in [5, 5.41) is 6.05. The molecule has 1 heterocycles. The smallest absolute Gasteiger partial charge is 0.307 e. The van der Waals surface area contributed by atoms with Gasteiger partial charge < -0.3 is 15.4 Å². The van der Waals surface area contributed by atoms with Crippen LogP contribution in [0.2, 0.25) is 0 Å². The Morgan fingerprint density at radius 2 is 2.18 bits per heavy atom. The molecule has 1 rings (SSSR count). The summed E-state index contributed by atoms with van der Waals surface area (Å²) in [7, 11) is 1.37. The molecule has 0 aliphatic heterocycles. The second-order valence-electron chi connectivity index (χ2n) is 3.21. The van der Waals surface area contributed by atoms with Crippen LogP contribution in [0.1, 0.15) is 6.42 Å². The van der Waals surface area contributed by atoms with E-state index in [-0.39, 0.29) is 5.97 Å². The molecular weight excluding hydrogens is 220 g/mol. The van der Waals surface area contributed by atoms with Crippen LogP contribution >= 0.6 is 0 Å². The highest BCUT2D eigenvalue weighted by molar-refractivity contribution is 5.69. The Balaban J connectivity index is 2.42. The van der Waals surface area contributed by atoms with Crippen molar-refractivity contribution in [3.05, 3.63) is 25.0 Å². The van der Waals surface area contributed by atoms with Crippen molar-refractivity contribution < 1.29 is 9.53 Å². The number of nitrogens with zero attached hydrogens (tertiary/aromatic N) is 2. The Morgan fingerprint density at radius 3 is 2.82 bits per heavy atom. The first-order valence-electron chi connectivity index (χ1n) is 5.23. The van der Waals surface area contributed by atoms with E-state index in [1.165, 1.54) is 13.4 Å². The molecule has 92 valence electrons. The Bertz CT molecular complexity index is 381. The van der Waals surface area contributed by atoms with Crippen molar-refractivity contribution in [3.63, 3.8) is 0 Å². The molecule has 0 fully saturated rings. The highest BCUT2D eigenvalue weighted by Crippen LogP contribution is 2.08. The minimum absolute atomic E-state index is 0.253. The van der Waals surface area contributed by atoms with Gasteiger partial charge in [-0.3, -0.25) is 4.79 Å². The molecule has 1 aromatic heterocycles. The van der Waals surface area contributed by atoms with Crippen molar-refractivity contribution in [2.24, 2.45) is 0 Å². The van der Waals surface area contributed by atoms with Crippen molar-refractivity contribution in [2.75, 3.05) is 30.8 Å². The van der Waals surface area contributed by atoms with Crippen LogP contribution < -0.4 is 10.6 Å². The maximum Gasteiger partial charge on any atom is 0.307 e. The average molecular weight is 236 g/mol. The summed E-state index contributed by atoms with van der Waals surface area (Å²) in [6, 6.07) is 1.76. The van der Waals surface area contributed by atoms with Gasteiger partial charge in [0.05, 0.1) is 13.5 Å². The number of anilines is 2. The van der Waals surface area contributed by atoms with E-state index in [4.69, 9.17) is 0 Å². The largest absolute Gasteiger partial charge is 0.469 e. The fourth-order valence-electron chi connectivity index (χ4n) is 1.12. The van der Waals surface area contributed by atoms with Crippen molar-refractivity contribution in [1.82, 2.24) is 9.97 Å². The number of esters is 1. The summed E-state index contributed by atoms with van der Waals surface area (Å²) in [6.45, 7) is 4.72. The maximum atomic E-state index is 10.9. The lowest BCUT2D eigenvalue weighted by Crippen LogP contribution is -2.11. The highest BCUT2D eigenvalue weighted by Gasteiger charge is 2.01. The van der Waals surface area contributed by atoms with Crippen molar-refractivity contribution >= 4 is 17.6 Å². The van der Waals surface area contributed by atoms with E-state index in [1.807, 2.05) is 0 Å². The Labute approximate surface area is 100 Å². The quantitative estimate of drug-likeness (QED) is 0.544. The van der Waals surface area contributed by atoms with Gasteiger partial charge in [-0.25, -0.2) is 9.97 Å². The third-order valence-corrected chi connectivity index (χ3v) is 1.96. The lowest BCUT2D eigenvalue weighted by molar-refractivity contribution is -0.140. The monoisotopic (exact) mass is 236 g/mol. The lowest BCUT2D eigenvalue weighted by atomic mass is 10.4. The van der Waals surface area contributed by atoms with Gasteiger partial charge in [0.25, 0.3) is 0 Å². The number of hydrogen-bond donors (Lipinski definition) is 2. The first-order valence-corrected chi connectivity index (χ1v) is 5.23. The van der Waals surface area contributed by atoms with Gasteiger partial charge in [0, 0.05) is 19.2 Å². The van der Waals surface area contributed by atoms with E-state index in [0.717, 1.165) is 0 Å². The van der Waals surface area contributed by atoms with E-state index >= 15 is 0 Å². The molecule has 0 amide bonds. The second kappa shape index (κ2) is 7.21. The second-order valence-corrected chi connectivity index (χ2v) is 3.21. The predicted octanol–water partition coefficient (Wildman–Crippen LogP) is 1.05. The van der Waals surface area contributed by atoms with Crippen LogP contribution in [-0.4, -0.2) is 36.1 Å². The summed E-state index contributed by atoms with van der Waals surface area (Å²) < 4.78 is 4.53. The molecule has 0 radical (unpaired) electrons. The number of ether oxygens (including phenoxy) is 1. The predicted molar refractivity (Wildman–Crippen MR) is 65.8 cm³/mol. The first kappa shape index (κ1) is 13.0. The Morgan fingerprint density at radius 1 is 1.47 bits per heavy atom. The maximum absolute atomic E-state index is 10.9. The third kappa shape index (κ3) is 4.96. The fourth-order valence-corrected chi connectivity index (χ4v) is 1.12. The van der Waals surface area contributed by atoms with Crippen LogP contribution in [0.3, 0.4) is 0 Å². The topological polar surface area (TPSA) is 76.1 Å². The first-order chi connectivity index (χ1) is 8.26. The Hall–Kier alpha value is -2.11. The SMILES string of the molecule is C=CCNc1cc(NCCC(=O)OC)ncn1. The van der Waals surface area contributed by atoms with E-state index in [2.05, 4.69) is 31.9 Å². The molecule has 0 saturated carbocycles. The molecule has 17 heavy (non-hydrogen) atoms. The zero-order valence-electron chi connectivity index (χ0n) is 9.77. The number of methoxy groups -OCH3 is 1. The molecular formula is C11H16N4O2.